The Kier molecular flexibility index (Phi) is 4.54. The molecular weight excluding hydrogens is 288 g/mol. The quantitative estimate of drug-likeness (QED) is 0.571. The van der Waals surface area contributed by atoms with Gasteiger partial charge in [-0.15, -0.1) is 0 Å². The van der Waals surface area contributed by atoms with Gasteiger partial charge in [-0.3, -0.25) is 0 Å². The van der Waals surface area contributed by atoms with Gasteiger partial charge in [-0.1, -0.05) is 36.4 Å². The van der Waals surface area contributed by atoms with Crippen molar-refractivity contribution in [3.8, 4) is 0 Å². The molecule has 2 aromatic heterocycles. The summed E-state index contributed by atoms with van der Waals surface area (Å²) in [4.78, 5) is 16.6. The lowest BCUT2D eigenvalue weighted by atomic mass is 10.1. The lowest BCUT2D eigenvalue weighted by Crippen LogP contribution is -2.23. The zero-order valence-corrected chi connectivity index (χ0v) is 12.4. The number of pyridine rings is 1. The summed E-state index contributed by atoms with van der Waals surface area (Å²) >= 11 is 0. The van der Waals surface area contributed by atoms with Crippen molar-refractivity contribution in [2.45, 2.75) is 6.42 Å². The van der Waals surface area contributed by atoms with Crippen LogP contribution in [0.2, 0.25) is 0 Å². The second kappa shape index (κ2) is 7.13. The van der Waals surface area contributed by atoms with Crippen molar-refractivity contribution >= 4 is 17.7 Å². The molecule has 0 saturated carbocycles. The topological polar surface area (TPSA) is 89.1 Å². The molecule has 0 radical (unpaired) electrons. The summed E-state index contributed by atoms with van der Waals surface area (Å²) < 4.78 is 0. The molecule has 0 amide bonds. The van der Waals surface area contributed by atoms with Crippen LogP contribution in [-0.4, -0.2) is 20.9 Å². The van der Waals surface area contributed by atoms with E-state index in [1.165, 1.54) is 5.56 Å². The first kappa shape index (κ1) is 14.6. The highest BCUT2D eigenvalue weighted by atomic mass is 15.2. The lowest BCUT2D eigenvalue weighted by Gasteiger charge is -2.07. The molecule has 114 valence electrons. The predicted molar refractivity (Wildman–Crippen MR) is 90.4 cm³/mol. The fourth-order valence-electron chi connectivity index (χ4n) is 2.07. The number of guanidine groups is 1. The standard InChI is InChI=1S/C17H16N6/c18-16(23-17-19-10-5-11-20-17)22-15-9-4-8-14(21-15)12-13-6-2-1-3-7-13/h1-11H,12H2,(H3,18,19,20,21,22,23). The minimum absolute atomic E-state index is 0.195. The van der Waals surface area contributed by atoms with Crippen LogP contribution in [0.15, 0.2) is 72.0 Å². The molecule has 0 atom stereocenters. The number of rotatable bonds is 4. The van der Waals surface area contributed by atoms with E-state index in [9.17, 15) is 0 Å². The predicted octanol–water partition coefficient (Wildman–Crippen LogP) is 2.52. The first-order valence-corrected chi connectivity index (χ1v) is 7.18. The molecule has 2 heterocycles. The van der Waals surface area contributed by atoms with Crippen LogP contribution in [0.5, 0.6) is 0 Å². The van der Waals surface area contributed by atoms with Crippen molar-refractivity contribution in [3.05, 3.63) is 78.2 Å². The van der Waals surface area contributed by atoms with E-state index in [2.05, 4.69) is 37.4 Å². The van der Waals surface area contributed by atoms with E-state index in [1.54, 1.807) is 18.5 Å². The molecule has 3 aromatic rings. The van der Waals surface area contributed by atoms with Gasteiger partial charge in [0.2, 0.25) is 5.96 Å². The molecule has 0 aliphatic rings. The van der Waals surface area contributed by atoms with Crippen LogP contribution in [0.25, 0.3) is 0 Å². The van der Waals surface area contributed by atoms with Gasteiger partial charge in [0.05, 0.1) is 0 Å². The molecule has 0 saturated heterocycles. The van der Waals surface area contributed by atoms with Gasteiger partial charge in [-0.05, 0) is 23.8 Å². The van der Waals surface area contributed by atoms with Crippen LogP contribution >= 0.6 is 0 Å². The minimum atomic E-state index is 0.195. The number of hydrogen-bond donors (Lipinski definition) is 2. The van der Waals surface area contributed by atoms with Crippen LogP contribution in [0, 0.1) is 0 Å². The van der Waals surface area contributed by atoms with Crippen molar-refractivity contribution in [3.63, 3.8) is 0 Å². The fraction of sp³-hybridized carbons (Fsp3) is 0.0588. The van der Waals surface area contributed by atoms with E-state index in [-0.39, 0.29) is 5.96 Å². The molecule has 23 heavy (non-hydrogen) atoms. The first-order chi connectivity index (χ1) is 11.3. The maximum Gasteiger partial charge on any atom is 0.252 e. The van der Waals surface area contributed by atoms with Gasteiger partial charge < -0.3 is 11.1 Å². The minimum Gasteiger partial charge on any atom is -0.369 e. The zero-order valence-electron chi connectivity index (χ0n) is 12.4. The SMILES string of the molecule is NC(=Nc1ncccn1)Nc1cccc(Cc2ccccc2)n1. The average Bonchev–Trinajstić information content (AvgIpc) is 2.57. The summed E-state index contributed by atoms with van der Waals surface area (Å²) in [6.45, 7) is 0. The first-order valence-electron chi connectivity index (χ1n) is 7.18. The maximum absolute atomic E-state index is 5.86. The van der Waals surface area contributed by atoms with E-state index in [4.69, 9.17) is 5.73 Å². The Hall–Kier alpha value is -3.28. The van der Waals surface area contributed by atoms with E-state index in [0.29, 0.717) is 11.8 Å². The lowest BCUT2D eigenvalue weighted by molar-refractivity contribution is 1.08. The molecule has 0 fully saturated rings. The summed E-state index contributed by atoms with van der Waals surface area (Å²) in [6.07, 6.45) is 3.98. The number of nitrogens with one attached hydrogen (secondary N) is 1. The smallest absolute Gasteiger partial charge is 0.252 e. The van der Waals surface area contributed by atoms with Gasteiger partial charge in [-0.2, -0.15) is 4.99 Å². The number of hydrogen-bond acceptors (Lipinski definition) is 4. The molecule has 0 aliphatic carbocycles. The summed E-state index contributed by atoms with van der Waals surface area (Å²) in [5.74, 6) is 1.13. The van der Waals surface area contributed by atoms with Gasteiger partial charge in [0.25, 0.3) is 5.95 Å². The number of benzene rings is 1. The number of nitrogens with zero attached hydrogens (tertiary/aromatic N) is 4. The number of aromatic nitrogens is 3. The number of aliphatic imine (C=N–C) groups is 1. The molecule has 1 aromatic carbocycles. The highest BCUT2D eigenvalue weighted by Crippen LogP contribution is 2.10. The second-order valence-corrected chi connectivity index (χ2v) is 4.85. The summed E-state index contributed by atoms with van der Waals surface area (Å²) in [5.41, 5.74) is 8.01. The molecule has 3 N–H and O–H groups in total. The van der Waals surface area contributed by atoms with Gasteiger partial charge in [-0.25, -0.2) is 15.0 Å². The molecule has 3 rings (SSSR count). The molecule has 0 spiro atoms. The molecule has 0 unspecified atom stereocenters. The Bertz CT molecular complexity index is 786. The Morgan fingerprint density at radius 2 is 1.74 bits per heavy atom. The van der Waals surface area contributed by atoms with E-state index >= 15 is 0 Å². The zero-order chi connectivity index (χ0) is 15.9. The van der Waals surface area contributed by atoms with Crippen molar-refractivity contribution in [1.29, 1.82) is 0 Å². The summed E-state index contributed by atoms with van der Waals surface area (Å²) in [6, 6.07) is 17.6. The van der Waals surface area contributed by atoms with Crippen LogP contribution in [0.4, 0.5) is 11.8 Å². The van der Waals surface area contributed by atoms with Gasteiger partial charge in [0, 0.05) is 24.5 Å². The molecule has 6 heteroatoms. The Morgan fingerprint density at radius 3 is 2.52 bits per heavy atom. The largest absolute Gasteiger partial charge is 0.369 e. The fourth-order valence-corrected chi connectivity index (χ4v) is 2.07. The maximum atomic E-state index is 5.86. The van der Waals surface area contributed by atoms with E-state index in [1.807, 2.05) is 36.4 Å². The van der Waals surface area contributed by atoms with Crippen LogP contribution in [-0.2, 0) is 6.42 Å². The third-order valence-corrected chi connectivity index (χ3v) is 3.06. The summed E-state index contributed by atoms with van der Waals surface area (Å²) in [5, 5.41) is 2.95. The third-order valence-electron chi connectivity index (χ3n) is 3.06. The van der Waals surface area contributed by atoms with Crippen LogP contribution in [0.1, 0.15) is 11.3 Å². The van der Waals surface area contributed by atoms with Crippen LogP contribution in [0.3, 0.4) is 0 Å². The monoisotopic (exact) mass is 304 g/mol. The molecule has 6 nitrogen and oxygen atoms in total. The van der Waals surface area contributed by atoms with Crippen LogP contribution < -0.4 is 11.1 Å². The molecule has 0 bridgehead atoms. The van der Waals surface area contributed by atoms with Crippen molar-refractivity contribution in [2.24, 2.45) is 10.7 Å². The highest BCUT2D eigenvalue weighted by Gasteiger charge is 2.02. The summed E-state index contributed by atoms with van der Waals surface area (Å²) in [7, 11) is 0. The van der Waals surface area contributed by atoms with Gasteiger partial charge in [0.1, 0.15) is 5.82 Å². The molecular formula is C17H16N6. The third kappa shape index (κ3) is 4.34. The average molecular weight is 304 g/mol. The Labute approximate surface area is 134 Å². The Balaban J connectivity index is 1.71. The number of anilines is 1. The van der Waals surface area contributed by atoms with Gasteiger partial charge in [0.15, 0.2) is 0 Å². The van der Waals surface area contributed by atoms with E-state index < -0.39 is 0 Å². The van der Waals surface area contributed by atoms with Crippen molar-refractivity contribution < 1.29 is 0 Å². The second-order valence-electron chi connectivity index (χ2n) is 4.85. The van der Waals surface area contributed by atoms with Crippen molar-refractivity contribution in [1.82, 2.24) is 15.0 Å². The molecule has 0 aliphatic heterocycles. The highest BCUT2D eigenvalue weighted by molar-refractivity contribution is 5.92. The Morgan fingerprint density at radius 1 is 0.957 bits per heavy atom. The van der Waals surface area contributed by atoms with E-state index in [0.717, 1.165) is 12.1 Å². The normalized spacial score (nSPS) is 11.2. The number of nitrogens with two attached hydrogens (primary N) is 1. The van der Waals surface area contributed by atoms with Gasteiger partial charge >= 0.3 is 0 Å². The van der Waals surface area contributed by atoms with Crippen molar-refractivity contribution in [2.75, 3.05) is 5.32 Å².